The van der Waals surface area contributed by atoms with E-state index in [1.165, 1.54) is 43.4 Å². The lowest BCUT2D eigenvalue weighted by atomic mass is 9.94. The molecule has 4 nitrogen and oxygen atoms in total. The Hall–Kier alpha value is -7.56. The molecule has 2 aromatic heterocycles. The van der Waals surface area contributed by atoms with Crippen LogP contribution in [-0.2, 0) is 0 Å². The van der Waals surface area contributed by atoms with E-state index in [0.717, 1.165) is 66.9 Å². The summed E-state index contributed by atoms with van der Waals surface area (Å²) in [6, 6.07) is 69.2. The molecule has 58 heavy (non-hydrogen) atoms. The number of benzene rings is 9. The van der Waals surface area contributed by atoms with Crippen LogP contribution in [0.3, 0.4) is 0 Å². The fourth-order valence-electron chi connectivity index (χ4n) is 9.02. The second kappa shape index (κ2) is 13.0. The molecule has 11 aromatic rings. The van der Waals surface area contributed by atoms with Crippen molar-refractivity contribution < 1.29 is 4.42 Å². The van der Waals surface area contributed by atoms with Crippen LogP contribution in [0.15, 0.2) is 209 Å². The highest BCUT2D eigenvalue weighted by atomic mass is 16.3. The molecule has 4 heteroatoms. The Morgan fingerprint density at radius 3 is 1.95 bits per heavy atom. The maximum atomic E-state index is 6.95. The molecule has 1 atom stereocenters. The van der Waals surface area contributed by atoms with E-state index in [9.17, 15) is 0 Å². The van der Waals surface area contributed by atoms with Gasteiger partial charge in [0.15, 0.2) is 11.4 Å². The molecule has 1 aliphatic heterocycles. The average molecular weight is 742 g/mol. The second-order valence-corrected chi connectivity index (χ2v) is 15.3. The predicted molar refractivity (Wildman–Crippen MR) is 242 cm³/mol. The third-order valence-electron chi connectivity index (χ3n) is 11.9. The number of hydrogen-bond acceptors (Lipinski definition) is 3. The van der Waals surface area contributed by atoms with Gasteiger partial charge in [-0.05, 0) is 86.3 Å². The maximum absolute atomic E-state index is 6.95. The fraction of sp³-hybridized carbons (Fsp3) is 0.0370. The molecule has 0 radical (unpaired) electrons. The molecule has 0 saturated heterocycles. The van der Waals surface area contributed by atoms with E-state index in [0.29, 0.717) is 6.42 Å². The monoisotopic (exact) mass is 741 g/mol. The van der Waals surface area contributed by atoms with Gasteiger partial charge in [0.05, 0.1) is 28.5 Å². The summed E-state index contributed by atoms with van der Waals surface area (Å²) >= 11 is 0. The zero-order valence-electron chi connectivity index (χ0n) is 31.5. The standard InChI is InChI=1S/C54H35N3O/c1-2-11-34(12-3-1)39-26-28-50-46(31-39)43-17-8-9-19-49(43)57(50)51-20-10-18-45-44-27-25-41(32-52(44)58-53(45)51)48-33-47(40-23-21-35-13-4-6-15-37(35)29-40)55-54(56-48)42-24-22-36-14-5-7-16-38(36)30-42/h1-32,48H,33H2. The van der Waals surface area contributed by atoms with Crippen molar-refractivity contribution >= 4 is 76.8 Å². The van der Waals surface area contributed by atoms with Crippen molar-refractivity contribution in [2.45, 2.75) is 12.5 Å². The second-order valence-electron chi connectivity index (χ2n) is 15.3. The lowest BCUT2D eigenvalue weighted by Gasteiger charge is -2.22. The van der Waals surface area contributed by atoms with Crippen LogP contribution in [-0.4, -0.2) is 16.1 Å². The minimum absolute atomic E-state index is 0.145. The van der Waals surface area contributed by atoms with Gasteiger partial charge in [-0.15, -0.1) is 0 Å². The predicted octanol–water partition coefficient (Wildman–Crippen LogP) is 14.0. The van der Waals surface area contributed by atoms with Crippen LogP contribution in [0.5, 0.6) is 0 Å². The van der Waals surface area contributed by atoms with E-state index >= 15 is 0 Å². The Labute approximate surface area is 334 Å². The topological polar surface area (TPSA) is 42.8 Å². The summed E-state index contributed by atoms with van der Waals surface area (Å²) in [5.41, 5.74) is 11.7. The van der Waals surface area contributed by atoms with Crippen molar-refractivity contribution in [3.8, 4) is 16.8 Å². The SMILES string of the molecule is c1ccc(-c2ccc3c(c2)c2ccccc2n3-c2cccc3c2oc2cc(C4CC(c5ccc6ccccc6c5)=NC(c5ccc6ccccc6c5)=N4)ccc23)cc1. The van der Waals surface area contributed by atoms with Crippen LogP contribution in [0, 0.1) is 0 Å². The van der Waals surface area contributed by atoms with Crippen molar-refractivity contribution in [2.75, 3.05) is 0 Å². The molecule has 0 bridgehead atoms. The van der Waals surface area contributed by atoms with Crippen LogP contribution in [0.25, 0.3) is 82.1 Å². The third kappa shape index (κ3) is 5.30. The zero-order valence-corrected chi connectivity index (χ0v) is 31.5. The van der Waals surface area contributed by atoms with E-state index in [4.69, 9.17) is 14.4 Å². The number of aromatic nitrogens is 1. The Morgan fingerprint density at radius 1 is 0.448 bits per heavy atom. The van der Waals surface area contributed by atoms with Crippen LogP contribution in [0.4, 0.5) is 0 Å². The number of furan rings is 1. The first-order chi connectivity index (χ1) is 28.7. The van der Waals surface area contributed by atoms with E-state index in [2.05, 4.69) is 199 Å². The summed E-state index contributed by atoms with van der Waals surface area (Å²) in [5, 5.41) is 9.40. The van der Waals surface area contributed by atoms with Gasteiger partial charge < -0.3 is 8.98 Å². The van der Waals surface area contributed by atoms with Gasteiger partial charge in [-0.25, -0.2) is 4.99 Å². The first kappa shape index (κ1) is 32.7. The van der Waals surface area contributed by atoms with Crippen molar-refractivity contribution in [2.24, 2.45) is 9.98 Å². The van der Waals surface area contributed by atoms with Gasteiger partial charge in [0.2, 0.25) is 0 Å². The minimum Gasteiger partial charge on any atom is -0.454 e. The molecule has 0 saturated carbocycles. The van der Waals surface area contributed by atoms with Crippen LogP contribution in [0.2, 0.25) is 0 Å². The number of rotatable bonds is 5. The molecule has 0 N–H and O–H groups in total. The van der Waals surface area contributed by atoms with Crippen molar-refractivity contribution in [1.82, 2.24) is 4.57 Å². The lowest BCUT2D eigenvalue weighted by Crippen LogP contribution is -2.17. The minimum atomic E-state index is -0.145. The van der Waals surface area contributed by atoms with Crippen LogP contribution >= 0.6 is 0 Å². The number of hydrogen-bond donors (Lipinski definition) is 0. The molecule has 272 valence electrons. The van der Waals surface area contributed by atoms with Gasteiger partial charge in [-0.3, -0.25) is 4.99 Å². The molecular formula is C54H35N3O. The van der Waals surface area contributed by atoms with Gasteiger partial charge in [-0.1, -0.05) is 152 Å². The Balaban J connectivity index is 0.992. The van der Waals surface area contributed by atoms with Crippen molar-refractivity contribution in [3.05, 3.63) is 211 Å². The highest BCUT2D eigenvalue weighted by Crippen LogP contribution is 2.41. The zero-order chi connectivity index (χ0) is 38.2. The Morgan fingerprint density at radius 2 is 1.12 bits per heavy atom. The normalized spacial score (nSPS) is 14.5. The van der Waals surface area contributed by atoms with Crippen molar-refractivity contribution in [3.63, 3.8) is 0 Å². The average Bonchev–Trinajstić information content (AvgIpc) is 3.84. The van der Waals surface area contributed by atoms with E-state index in [1.54, 1.807) is 0 Å². The lowest BCUT2D eigenvalue weighted by molar-refractivity contribution is 0.663. The molecule has 9 aromatic carbocycles. The smallest absolute Gasteiger partial charge is 0.159 e. The summed E-state index contributed by atoms with van der Waals surface area (Å²) in [5.74, 6) is 0.749. The van der Waals surface area contributed by atoms with Gasteiger partial charge in [0, 0.05) is 33.5 Å². The fourth-order valence-corrected chi connectivity index (χ4v) is 9.02. The summed E-state index contributed by atoms with van der Waals surface area (Å²) in [4.78, 5) is 10.6. The van der Waals surface area contributed by atoms with E-state index < -0.39 is 0 Å². The summed E-state index contributed by atoms with van der Waals surface area (Å²) in [6.07, 6.45) is 0.679. The molecule has 0 fully saturated rings. The van der Waals surface area contributed by atoms with Gasteiger partial charge >= 0.3 is 0 Å². The molecule has 0 spiro atoms. The van der Waals surface area contributed by atoms with Crippen molar-refractivity contribution in [1.29, 1.82) is 0 Å². The number of para-hydroxylation sites is 2. The molecule has 0 aliphatic carbocycles. The maximum Gasteiger partial charge on any atom is 0.159 e. The largest absolute Gasteiger partial charge is 0.454 e. The Kier molecular flexibility index (Phi) is 7.32. The van der Waals surface area contributed by atoms with Gasteiger partial charge in [0.1, 0.15) is 5.58 Å². The van der Waals surface area contributed by atoms with Gasteiger partial charge in [0.25, 0.3) is 0 Å². The summed E-state index contributed by atoms with van der Waals surface area (Å²) < 4.78 is 9.31. The highest BCUT2D eigenvalue weighted by Gasteiger charge is 2.24. The molecule has 3 heterocycles. The quantitative estimate of drug-likeness (QED) is 0.173. The first-order valence-corrected chi connectivity index (χ1v) is 19.9. The number of nitrogens with zero attached hydrogens (tertiary/aromatic N) is 3. The third-order valence-corrected chi connectivity index (χ3v) is 11.9. The van der Waals surface area contributed by atoms with E-state index in [-0.39, 0.29) is 6.04 Å². The summed E-state index contributed by atoms with van der Waals surface area (Å²) in [7, 11) is 0. The number of amidine groups is 1. The van der Waals surface area contributed by atoms with Crippen LogP contribution < -0.4 is 0 Å². The number of fused-ring (bicyclic) bond motifs is 8. The summed E-state index contributed by atoms with van der Waals surface area (Å²) in [6.45, 7) is 0. The Bertz CT molecular complexity index is 3500. The number of aliphatic imine (C=N–C) groups is 2. The molecule has 1 aliphatic rings. The van der Waals surface area contributed by atoms with E-state index in [1.807, 2.05) is 0 Å². The molecule has 0 amide bonds. The molecule has 12 rings (SSSR count). The molecular weight excluding hydrogens is 707 g/mol. The highest BCUT2D eigenvalue weighted by molar-refractivity contribution is 6.16. The first-order valence-electron chi connectivity index (χ1n) is 19.9. The molecule has 1 unspecified atom stereocenters. The van der Waals surface area contributed by atoms with Crippen LogP contribution in [0.1, 0.15) is 29.2 Å². The van der Waals surface area contributed by atoms with Gasteiger partial charge in [-0.2, -0.15) is 0 Å².